The molecule has 0 spiro atoms. The quantitative estimate of drug-likeness (QED) is 0.0344. The van der Waals surface area contributed by atoms with E-state index in [2.05, 4.69) is 41.5 Å². The predicted octanol–water partition coefficient (Wildman–Crippen LogP) is 17.6. The van der Waals surface area contributed by atoms with Gasteiger partial charge in [0, 0.05) is 19.3 Å². The van der Waals surface area contributed by atoms with Gasteiger partial charge in [0.1, 0.15) is 13.2 Å². The third-order valence-electron chi connectivity index (χ3n) is 13.1. The van der Waals surface area contributed by atoms with Gasteiger partial charge in [-0.2, -0.15) is 0 Å². The van der Waals surface area contributed by atoms with Crippen molar-refractivity contribution < 1.29 is 28.6 Å². The number of rotatable bonds is 48. The molecule has 0 aliphatic heterocycles. The summed E-state index contributed by atoms with van der Waals surface area (Å²) in [5.41, 5.74) is 0. The van der Waals surface area contributed by atoms with Gasteiger partial charge in [0.25, 0.3) is 0 Å². The van der Waals surface area contributed by atoms with Gasteiger partial charge in [-0.15, -0.1) is 0 Å². The van der Waals surface area contributed by atoms with Gasteiger partial charge in [0.2, 0.25) is 0 Å². The Balaban J connectivity index is 4.20. The maximum absolute atomic E-state index is 12.8. The largest absolute Gasteiger partial charge is 0.462 e. The first-order chi connectivity index (χ1) is 29.7. The normalized spacial score (nSPS) is 13.0. The van der Waals surface area contributed by atoms with Crippen molar-refractivity contribution in [3.05, 3.63) is 0 Å². The van der Waals surface area contributed by atoms with Crippen LogP contribution in [-0.4, -0.2) is 37.2 Å². The summed E-state index contributed by atoms with van der Waals surface area (Å²) in [6.07, 6.45) is 46.7. The van der Waals surface area contributed by atoms with Crippen molar-refractivity contribution in [1.82, 2.24) is 0 Å². The fraction of sp³-hybridized carbons (Fsp3) is 0.945. The third-order valence-corrected chi connectivity index (χ3v) is 13.1. The standard InChI is InChI=1S/C55H106O6/c1-7-50(5)42-36-30-24-19-17-15-13-11-9-10-12-14-16-18-20-26-34-40-46-55(58)61-52(48-60-54(57)45-39-33-28-27-31-37-43-51(6)8-2)47-59-53(56)44-38-32-25-22-21-23-29-35-41-49(3)4/h49-52H,7-48H2,1-6H3/t50?,51?,52-/m1/s1. The molecule has 0 aromatic heterocycles. The van der Waals surface area contributed by atoms with Crippen molar-refractivity contribution in [1.29, 1.82) is 0 Å². The van der Waals surface area contributed by atoms with Crippen LogP contribution in [0.15, 0.2) is 0 Å². The van der Waals surface area contributed by atoms with Crippen LogP contribution in [0, 0.1) is 17.8 Å². The van der Waals surface area contributed by atoms with E-state index in [1.165, 1.54) is 180 Å². The number of unbranched alkanes of at least 4 members (excludes halogenated alkanes) is 29. The van der Waals surface area contributed by atoms with Gasteiger partial charge in [-0.1, -0.05) is 260 Å². The number of esters is 3. The van der Waals surface area contributed by atoms with Crippen molar-refractivity contribution >= 4 is 17.9 Å². The molecule has 0 bridgehead atoms. The Morgan fingerprint density at radius 3 is 0.852 bits per heavy atom. The van der Waals surface area contributed by atoms with Gasteiger partial charge in [-0.25, -0.2) is 0 Å². The molecule has 0 aromatic carbocycles. The van der Waals surface area contributed by atoms with E-state index in [-0.39, 0.29) is 31.1 Å². The molecular formula is C55H106O6. The van der Waals surface area contributed by atoms with E-state index < -0.39 is 6.10 Å². The summed E-state index contributed by atoms with van der Waals surface area (Å²) < 4.78 is 16.8. The van der Waals surface area contributed by atoms with Crippen LogP contribution >= 0.6 is 0 Å². The smallest absolute Gasteiger partial charge is 0.306 e. The summed E-state index contributed by atoms with van der Waals surface area (Å²) in [5, 5.41) is 0. The Hall–Kier alpha value is -1.59. The molecule has 0 aromatic rings. The van der Waals surface area contributed by atoms with E-state index in [4.69, 9.17) is 14.2 Å². The summed E-state index contributed by atoms with van der Waals surface area (Å²) in [7, 11) is 0. The number of ether oxygens (including phenoxy) is 3. The molecular weight excluding hydrogens is 757 g/mol. The molecule has 362 valence electrons. The van der Waals surface area contributed by atoms with Crippen LogP contribution in [0.4, 0.5) is 0 Å². The Morgan fingerprint density at radius 1 is 0.328 bits per heavy atom. The highest BCUT2D eigenvalue weighted by atomic mass is 16.6. The highest BCUT2D eigenvalue weighted by Gasteiger charge is 2.19. The minimum absolute atomic E-state index is 0.0658. The first kappa shape index (κ1) is 59.4. The van der Waals surface area contributed by atoms with E-state index in [9.17, 15) is 14.4 Å². The van der Waals surface area contributed by atoms with E-state index in [0.29, 0.717) is 19.3 Å². The molecule has 0 saturated carbocycles. The highest BCUT2D eigenvalue weighted by molar-refractivity contribution is 5.71. The Morgan fingerprint density at radius 2 is 0.574 bits per heavy atom. The Kier molecular flexibility index (Phi) is 45.2. The number of hydrogen-bond donors (Lipinski definition) is 0. The Labute approximate surface area is 380 Å². The van der Waals surface area contributed by atoms with Crippen molar-refractivity contribution in [3.63, 3.8) is 0 Å². The van der Waals surface area contributed by atoms with Crippen LogP contribution in [0.3, 0.4) is 0 Å². The van der Waals surface area contributed by atoms with Crippen LogP contribution in [0.2, 0.25) is 0 Å². The molecule has 0 amide bonds. The second-order valence-electron chi connectivity index (χ2n) is 19.8. The average molecular weight is 863 g/mol. The van der Waals surface area contributed by atoms with Crippen LogP contribution < -0.4 is 0 Å². The van der Waals surface area contributed by atoms with Crippen LogP contribution in [0.1, 0.15) is 298 Å². The topological polar surface area (TPSA) is 78.9 Å². The van der Waals surface area contributed by atoms with Gasteiger partial charge < -0.3 is 14.2 Å². The summed E-state index contributed by atoms with van der Waals surface area (Å²) >= 11 is 0. The van der Waals surface area contributed by atoms with Gasteiger partial charge in [0.05, 0.1) is 0 Å². The zero-order chi connectivity index (χ0) is 44.9. The molecule has 0 N–H and O–H groups in total. The zero-order valence-electron chi connectivity index (χ0n) is 42.0. The third kappa shape index (κ3) is 46.2. The van der Waals surface area contributed by atoms with Crippen molar-refractivity contribution in [3.8, 4) is 0 Å². The lowest BCUT2D eigenvalue weighted by atomic mass is 9.99. The monoisotopic (exact) mass is 863 g/mol. The molecule has 0 fully saturated rings. The van der Waals surface area contributed by atoms with E-state index in [0.717, 1.165) is 75.5 Å². The van der Waals surface area contributed by atoms with Gasteiger partial charge >= 0.3 is 17.9 Å². The zero-order valence-corrected chi connectivity index (χ0v) is 42.0. The predicted molar refractivity (Wildman–Crippen MR) is 261 cm³/mol. The summed E-state index contributed by atoms with van der Waals surface area (Å²) in [6.45, 7) is 13.7. The van der Waals surface area contributed by atoms with Crippen LogP contribution in [0.5, 0.6) is 0 Å². The molecule has 6 nitrogen and oxygen atoms in total. The van der Waals surface area contributed by atoms with Crippen molar-refractivity contribution in [2.75, 3.05) is 13.2 Å². The number of carbonyl (C=O) groups excluding carboxylic acids is 3. The minimum Gasteiger partial charge on any atom is -0.462 e. The van der Waals surface area contributed by atoms with Crippen molar-refractivity contribution in [2.45, 2.75) is 304 Å². The maximum atomic E-state index is 12.8. The summed E-state index contributed by atoms with van der Waals surface area (Å²) in [6, 6.07) is 0. The van der Waals surface area contributed by atoms with Gasteiger partial charge in [0.15, 0.2) is 6.10 Å². The molecule has 3 atom stereocenters. The first-order valence-corrected chi connectivity index (χ1v) is 27.2. The summed E-state index contributed by atoms with van der Waals surface area (Å²) in [4.78, 5) is 37.9. The molecule has 0 heterocycles. The molecule has 0 saturated heterocycles. The van der Waals surface area contributed by atoms with Gasteiger partial charge in [-0.3, -0.25) is 14.4 Å². The first-order valence-electron chi connectivity index (χ1n) is 27.2. The molecule has 0 aliphatic rings. The maximum Gasteiger partial charge on any atom is 0.306 e. The van der Waals surface area contributed by atoms with Crippen LogP contribution in [0.25, 0.3) is 0 Å². The second-order valence-corrected chi connectivity index (χ2v) is 19.8. The summed E-state index contributed by atoms with van der Waals surface area (Å²) in [5.74, 6) is 1.66. The number of hydrogen-bond acceptors (Lipinski definition) is 6. The van der Waals surface area contributed by atoms with E-state index in [1.807, 2.05) is 0 Å². The molecule has 6 heteroatoms. The van der Waals surface area contributed by atoms with Crippen molar-refractivity contribution in [2.24, 2.45) is 17.8 Å². The minimum atomic E-state index is -0.763. The second kappa shape index (κ2) is 46.4. The lowest BCUT2D eigenvalue weighted by Crippen LogP contribution is -2.30. The highest BCUT2D eigenvalue weighted by Crippen LogP contribution is 2.19. The average Bonchev–Trinajstić information content (AvgIpc) is 3.24. The fourth-order valence-corrected chi connectivity index (χ4v) is 8.23. The van der Waals surface area contributed by atoms with Crippen LogP contribution in [-0.2, 0) is 28.6 Å². The van der Waals surface area contributed by atoms with Gasteiger partial charge in [-0.05, 0) is 37.0 Å². The molecule has 61 heavy (non-hydrogen) atoms. The molecule has 0 rings (SSSR count). The lowest BCUT2D eigenvalue weighted by molar-refractivity contribution is -0.167. The lowest BCUT2D eigenvalue weighted by Gasteiger charge is -2.18. The molecule has 0 radical (unpaired) electrons. The van der Waals surface area contributed by atoms with E-state index >= 15 is 0 Å². The molecule has 0 aliphatic carbocycles. The number of carbonyl (C=O) groups is 3. The molecule has 2 unspecified atom stereocenters. The SMILES string of the molecule is CCC(C)CCCCCCCCCCCCCCCCCCCCC(=O)O[C@H](COC(=O)CCCCCCCCCCC(C)C)COC(=O)CCCCCCCCC(C)CC. The Bertz CT molecular complexity index is 949. The fourth-order valence-electron chi connectivity index (χ4n) is 8.23. The van der Waals surface area contributed by atoms with E-state index in [1.54, 1.807) is 0 Å².